The molecule has 0 bridgehead atoms. The third-order valence-corrected chi connectivity index (χ3v) is 9.53. The van der Waals surface area contributed by atoms with Crippen LogP contribution in [-0.4, -0.2) is 130 Å². The van der Waals surface area contributed by atoms with Crippen LogP contribution in [0.2, 0.25) is 0 Å². The summed E-state index contributed by atoms with van der Waals surface area (Å²) in [5, 5.41) is 71.2. The van der Waals surface area contributed by atoms with Crippen LogP contribution in [0.1, 0.15) is 44.9 Å². The fourth-order valence-corrected chi connectivity index (χ4v) is 7.31. The Hall–Kier alpha value is -1.56. The van der Waals surface area contributed by atoms with Crippen molar-refractivity contribution in [3.05, 3.63) is 18.0 Å². The summed E-state index contributed by atoms with van der Waals surface area (Å²) in [6, 6.07) is 0.177. The summed E-state index contributed by atoms with van der Waals surface area (Å²) in [7, 11) is 3.07. The molecular formula is C27H41N2O12+. The van der Waals surface area contributed by atoms with E-state index in [-0.39, 0.29) is 30.6 Å². The van der Waals surface area contributed by atoms with Crippen LogP contribution in [0.25, 0.3) is 5.32 Å². The zero-order valence-corrected chi connectivity index (χ0v) is 23.1. The fraction of sp³-hybridized carbons (Fsp3) is 0.852. The van der Waals surface area contributed by atoms with Crippen LogP contribution >= 0.6 is 0 Å². The Morgan fingerprint density at radius 1 is 1.15 bits per heavy atom. The van der Waals surface area contributed by atoms with Gasteiger partial charge in [-0.25, -0.2) is 0 Å². The number of aliphatic hydroxyl groups is 7. The van der Waals surface area contributed by atoms with Gasteiger partial charge in [0.1, 0.15) is 30.8 Å². The summed E-state index contributed by atoms with van der Waals surface area (Å²) in [5.41, 5.74) is -2.49. The van der Waals surface area contributed by atoms with Gasteiger partial charge in [0.05, 0.1) is 43.0 Å². The largest absolute Gasteiger partial charge is 0.547 e. The minimum absolute atomic E-state index is 0.105. The van der Waals surface area contributed by atoms with Crippen LogP contribution in [0.4, 0.5) is 0 Å². The summed E-state index contributed by atoms with van der Waals surface area (Å²) in [6.45, 7) is 1.19. The third-order valence-electron chi connectivity index (χ3n) is 9.53. The number of hydrogen-bond acceptors (Lipinski definition) is 12. The van der Waals surface area contributed by atoms with E-state index in [1.807, 2.05) is 0 Å². The van der Waals surface area contributed by atoms with Gasteiger partial charge in [0.15, 0.2) is 30.1 Å². The highest BCUT2D eigenvalue weighted by Crippen LogP contribution is 2.43. The van der Waals surface area contributed by atoms with Crippen LogP contribution in [0.3, 0.4) is 0 Å². The number of carbonyl (C=O) groups excluding carboxylic acids is 1. The predicted molar refractivity (Wildman–Crippen MR) is 138 cm³/mol. The second-order valence-electron chi connectivity index (χ2n) is 11.9. The van der Waals surface area contributed by atoms with Gasteiger partial charge in [0.2, 0.25) is 0 Å². The van der Waals surface area contributed by atoms with E-state index < -0.39 is 79.0 Å². The maximum Gasteiger partial charge on any atom is 0.301 e. The second-order valence-corrected chi connectivity index (χ2v) is 11.9. The van der Waals surface area contributed by atoms with Crippen LogP contribution < -0.4 is 5.11 Å². The molecule has 2 saturated heterocycles. The van der Waals surface area contributed by atoms with Crippen LogP contribution in [-0.2, 0) is 23.7 Å². The Balaban J connectivity index is 1.30. The Morgan fingerprint density at radius 3 is 2.49 bits per heavy atom. The van der Waals surface area contributed by atoms with Crippen molar-refractivity contribution in [3.8, 4) is 0 Å². The van der Waals surface area contributed by atoms with Gasteiger partial charge in [-0.1, -0.05) is 4.99 Å². The quantitative estimate of drug-likeness (QED) is 0.147. The molecule has 5 rings (SSSR count). The zero-order chi connectivity index (χ0) is 29.5. The molecule has 3 aliphatic heterocycles. The van der Waals surface area contributed by atoms with Gasteiger partial charge < -0.3 is 59.1 Å². The lowest BCUT2D eigenvalue weighted by Crippen LogP contribution is -2.71. The first-order valence-electron chi connectivity index (χ1n) is 14.2. The highest BCUT2D eigenvalue weighted by molar-refractivity contribution is 5.82. The molecule has 3 heterocycles. The van der Waals surface area contributed by atoms with Crippen molar-refractivity contribution in [2.75, 3.05) is 14.2 Å². The van der Waals surface area contributed by atoms with Crippen LogP contribution in [0.5, 0.6) is 0 Å². The number of rotatable bonds is 8. The van der Waals surface area contributed by atoms with E-state index in [0.717, 1.165) is 25.7 Å². The molecule has 0 aromatic heterocycles. The molecule has 5 aliphatic rings. The van der Waals surface area contributed by atoms with Crippen LogP contribution in [0.15, 0.2) is 4.99 Å². The molecule has 14 heteroatoms. The maximum atomic E-state index is 12.0. The maximum absolute atomic E-state index is 12.0. The number of carboxylic acids is 1. The number of ether oxygens (including phenoxy) is 5. The standard InChI is InChI=1S/C27H40N2O12/c1-37-14-5-3-12(4-6-14)16-7-15(30)19-17(39-16)8-18(22(38-2)20(19)31)40-26-21(32)23(33)27(36,24(41-26)25(34)35)9-13-10-28-11-29-13/h10-12,14-24,26,30-33,36H,3-9H2,1-2H3/p+1. The van der Waals surface area contributed by atoms with Crippen LogP contribution in [0, 0.1) is 24.5 Å². The molecule has 4 fully saturated rings. The Labute approximate surface area is 238 Å². The van der Waals surface area contributed by atoms with Gasteiger partial charge in [-0.05, 0) is 25.7 Å². The smallest absolute Gasteiger partial charge is 0.301 e. The average Bonchev–Trinajstić information content (AvgIpc) is 3.46. The summed E-state index contributed by atoms with van der Waals surface area (Å²) < 4.78 is 27.5. The summed E-state index contributed by atoms with van der Waals surface area (Å²) in [5.74, 6) is -2.14. The molecule has 0 amide bonds. The molecule has 2 saturated carbocycles. The second kappa shape index (κ2) is 12.6. The van der Waals surface area contributed by atoms with Crippen molar-refractivity contribution in [2.24, 2.45) is 16.8 Å². The molecule has 12 atom stereocenters. The van der Waals surface area contributed by atoms with Crippen molar-refractivity contribution < 1.29 is 59.1 Å². The third kappa shape index (κ3) is 5.97. The number of carboxylic acid groups (broad SMARTS) is 1. The number of aliphatic imine (C=N–C) groups is 1. The van der Waals surface area contributed by atoms with E-state index in [9.17, 15) is 35.4 Å². The topological polar surface area (TPSA) is 217 Å². The van der Waals surface area contributed by atoms with E-state index in [2.05, 4.69) is 10.3 Å². The molecule has 6 N–H and O–H groups in total. The van der Waals surface area contributed by atoms with Crippen molar-refractivity contribution in [1.29, 1.82) is 0 Å². The number of aliphatic hydroxyl groups excluding tert-OH is 4. The lowest BCUT2D eigenvalue weighted by molar-refractivity contribution is -0.379. The first-order valence-corrected chi connectivity index (χ1v) is 14.2. The minimum Gasteiger partial charge on any atom is -0.547 e. The Bertz CT molecular complexity index is 934. The lowest BCUT2D eigenvalue weighted by Gasteiger charge is -2.51. The van der Waals surface area contributed by atoms with Gasteiger partial charge in [0, 0.05) is 33.0 Å². The van der Waals surface area contributed by atoms with E-state index in [1.165, 1.54) is 20.0 Å². The Morgan fingerprint density at radius 2 is 1.88 bits per heavy atom. The molecule has 2 aliphatic carbocycles. The molecule has 0 aromatic carbocycles. The molecule has 14 nitrogen and oxygen atoms in total. The average molecular weight is 586 g/mol. The van der Waals surface area contributed by atoms with E-state index in [1.54, 1.807) is 7.11 Å². The number of methoxy groups -OCH3 is 2. The van der Waals surface area contributed by atoms with Gasteiger partial charge in [-0.15, -0.1) is 0 Å². The Kier molecular flexibility index (Phi) is 9.48. The first-order chi connectivity index (χ1) is 19.6. The van der Waals surface area contributed by atoms with E-state index in [0.29, 0.717) is 6.42 Å². The van der Waals surface area contributed by atoms with Crippen molar-refractivity contribution in [3.63, 3.8) is 0 Å². The zero-order valence-electron chi connectivity index (χ0n) is 23.1. The first kappa shape index (κ1) is 30.9. The summed E-state index contributed by atoms with van der Waals surface area (Å²) in [4.78, 5) is 15.8. The van der Waals surface area contributed by atoms with Crippen molar-refractivity contribution >= 4 is 12.2 Å². The van der Waals surface area contributed by atoms with Crippen molar-refractivity contribution in [1.82, 2.24) is 0 Å². The monoisotopic (exact) mass is 585 g/mol. The molecule has 0 radical (unpaired) electrons. The molecule has 0 aromatic rings. The lowest BCUT2D eigenvalue weighted by atomic mass is 9.71. The van der Waals surface area contributed by atoms with Gasteiger partial charge in [-0.3, -0.25) is 5.32 Å². The molecule has 12 unspecified atom stereocenters. The predicted octanol–water partition coefficient (Wildman–Crippen LogP) is -2.57. The van der Waals surface area contributed by atoms with E-state index in [4.69, 9.17) is 23.7 Å². The molecule has 230 valence electrons. The molecule has 41 heavy (non-hydrogen) atoms. The number of carbonyl (C=O) groups is 1. The highest BCUT2D eigenvalue weighted by atomic mass is 16.7. The van der Waals surface area contributed by atoms with Gasteiger partial charge >= 0.3 is 6.21 Å². The normalized spacial score (nSPS) is 48.5. The number of aliphatic carboxylic acids is 1. The fourth-order valence-electron chi connectivity index (χ4n) is 7.31. The minimum atomic E-state index is -2.49. The molecule has 0 spiro atoms. The SMILES string of the molecule is COC1CCC(C2CC(O)C3C(CC(OC4OC(C(=O)[O-])C(O)(C[C+]5C=N[CH+][N-]5)C(O)C4O)C(OC)C3O)[OH+]2)CC1. The summed E-state index contributed by atoms with van der Waals surface area (Å²) >= 11 is 0. The highest BCUT2D eigenvalue weighted by Gasteiger charge is 2.61. The number of nitrogens with zero attached hydrogens (tertiary/aromatic N) is 2. The van der Waals surface area contributed by atoms with E-state index >= 15 is 0 Å². The van der Waals surface area contributed by atoms with Crippen molar-refractivity contribution in [2.45, 2.75) is 118 Å². The summed E-state index contributed by atoms with van der Waals surface area (Å²) in [6.07, 6.45) is -6.87. The number of fused-ring (bicyclic) bond motifs is 1. The number of hydrogen-bond donors (Lipinski definition) is 5. The van der Waals surface area contributed by atoms with Gasteiger partial charge in [-0.2, -0.15) is 0 Å². The molecular weight excluding hydrogens is 544 g/mol. The van der Waals surface area contributed by atoms with Gasteiger partial charge in [0.25, 0.3) is 0 Å².